The first-order chi connectivity index (χ1) is 8.06. The first kappa shape index (κ1) is 11.7. The molecule has 0 radical (unpaired) electrons. The zero-order valence-corrected chi connectivity index (χ0v) is 9.53. The maximum atomic E-state index is 11.4. The number of urea groups is 1. The molecular formula is C10H10ClN3O3. The Morgan fingerprint density at radius 1 is 1.47 bits per heavy atom. The lowest BCUT2D eigenvalue weighted by Gasteiger charge is -2.07. The van der Waals surface area contributed by atoms with Gasteiger partial charge in [0.05, 0.1) is 15.6 Å². The van der Waals surface area contributed by atoms with E-state index in [1.54, 1.807) is 0 Å². The lowest BCUT2D eigenvalue weighted by Crippen LogP contribution is -2.30. The molecule has 0 atom stereocenters. The van der Waals surface area contributed by atoms with Crippen molar-refractivity contribution in [2.45, 2.75) is 18.9 Å². The maximum absolute atomic E-state index is 11.4. The average Bonchev–Trinajstić information content (AvgIpc) is 3.04. The van der Waals surface area contributed by atoms with Gasteiger partial charge in [-0.3, -0.25) is 10.1 Å². The van der Waals surface area contributed by atoms with Gasteiger partial charge in [0, 0.05) is 18.2 Å². The van der Waals surface area contributed by atoms with Crippen LogP contribution in [0.4, 0.5) is 16.2 Å². The van der Waals surface area contributed by atoms with Gasteiger partial charge in [-0.05, 0) is 18.9 Å². The number of non-ortho nitro benzene ring substituents is 1. The van der Waals surface area contributed by atoms with Crippen molar-refractivity contribution in [2.75, 3.05) is 5.32 Å². The van der Waals surface area contributed by atoms with Gasteiger partial charge in [0.1, 0.15) is 0 Å². The van der Waals surface area contributed by atoms with Crippen molar-refractivity contribution < 1.29 is 9.72 Å². The minimum atomic E-state index is -0.541. The number of hydrogen-bond acceptors (Lipinski definition) is 3. The molecule has 2 rings (SSSR count). The van der Waals surface area contributed by atoms with Gasteiger partial charge < -0.3 is 10.6 Å². The number of nitrogens with zero attached hydrogens (tertiary/aromatic N) is 1. The van der Waals surface area contributed by atoms with E-state index in [4.69, 9.17) is 11.6 Å². The van der Waals surface area contributed by atoms with Gasteiger partial charge in [-0.2, -0.15) is 0 Å². The van der Waals surface area contributed by atoms with Crippen molar-refractivity contribution >= 4 is 29.0 Å². The highest BCUT2D eigenvalue weighted by atomic mass is 35.5. The zero-order chi connectivity index (χ0) is 12.4. The number of nitro groups is 1. The fourth-order valence-electron chi connectivity index (χ4n) is 1.29. The van der Waals surface area contributed by atoms with Gasteiger partial charge in [-0.15, -0.1) is 0 Å². The zero-order valence-electron chi connectivity index (χ0n) is 8.77. The second-order valence-corrected chi connectivity index (χ2v) is 4.20. The van der Waals surface area contributed by atoms with Crippen LogP contribution in [0.1, 0.15) is 12.8 Å². The van der Waals surface area contributed by atoms with Crippen LogP contribution in [-0.2, 0) is 0 Å². The third-order valence-corrected chi connectivity index (χ3v) is 2.65. The van der Waals surface area contributed by atoms with Crippen molar-refractivity contribution in [1.82, 2.24) is 5.32 Å². The molecule has 0 aromatic heterocycles. The number of nitrogens with one attached hydrogen (secondary N) is 2. The number of halogens is 1. The van der Waals surface area contributed by atoms with Crippen LogP contribution < -0.4 is 10.6 Å². The summed E-state index contributed by atoms with van der Waals surface area (Å²) in [5.41, 5.74) is 0.120. The molecule has 0 bridgehead atoms. The Hall–Kier alpha value is -1.82. The summed E-state index contributed by atoms with van der Waals surface area (Å²) in [5.74, 6) is 0. The highest BCUT2D eigenvalue weighted by Crippen LogP contribution is 2.27. The molecule has 0 unspecified atom stereocenters. The molecule has 0 spiro atoms. The lowest BCUT2D eigenvalue weighted by atomic mass is 10.3. The Morgan fingerprint density at radius 2 is 2.18 bits per heavy atom. The maximum Gasteiger partial charge on any atom is 0.319 e. The van der Waals surface area contributed by atoms with E-state index in [1.807, 2.05) is 0 Å². The molecule has 0 aliphatic heterocycles. The molecule has 17 heavy (non-hydrogen) atoms. The summed E-state index contributed by atoms with van der Waals surface area (Å²) in [6.07, 6.45) is 1.94. The number of rotatable bonds is 3. The number of hydrogen-bond donors (Lipinski definition) is 2. The molecule has 0 heterocycles. The van der Waals surface area contributed by atoms with Crippen LogP contribution in [0.15, 0.2) is 18.2 Å². The summed E-state index contributed by atoms with van der Waals surface area (Å²) in [7, 11) is 0. The molecule has 90 valence electrons. The molecule has 1 aliphatic carbocycles. The minimum Gasteiger partial charge on any atom is -0.335 e. The molecule has 1 aromatic rings. The number of anilines is 1. The van der Waals surface area contributed by atoms with Crippen LogP contribution in [0.3, 0.4) is 0 Å². The summed E-state index contributed by atoms with van der Waals surface area (Å²) >= 11 is 5.83. The molecule has 1 saturated carbocycles. The highest BCUT2D eigenvalue weighted by molar-refractivity contribution is 6.33. The van der Waals surface area contributed by atoms with E-state index in [2.05, 4.69) is 10.6 Å². The monoisotopic (exact) mass is 255 g/mol. The molecule has 0 saturated heterocycles. The third kappa shape index (κ3) is 3.07. The fourth-order valence-corrected chi connectivity index (χ4v) is 1.46. The van der Waals surface area contributed by atoms with E-state index in [0.29, 0.717) is 0 Å². The number of carbonyl (C=O) groups is 1. The Bertz CT molecular complexity index is 474. The van der Waals surface area contributed by atoms with Crippen LogP contribution in [0.2, 0.25) is 5.02 Å². The molecule has 1 aliphatic rings. The topological polar surface area (TPSA) is 84.3 Å². The smallest absolute Gasteiger partial charge is 0.319 e. The first-order valence-corrected chi connectivity index (χ1v) is 5.45. The second-order valence-electron chi connectivity index (χ2n) is 3.79. The lowest BCUT2D eigenvalue weighted by molar-refractivity contribution is -0.384. The molecular weight excluding hydrogens is 246 g/mol. The Labute approximate surface area is 102 Å². The van der Waals surface area contributed by atoms with Gasteiger partial charge in [0.25, 0.3) is 5.69 Å². The standard InChI is InChI=1S/C10H10ClN3O3/c11-8-4-3-7(14(16)17)5-9(8)13-10(15)12-6-1-2-6/h3-6H,1-2H2,(H2,12,13,15). The summed E-state index contributed by atoms with van der Waals surface area (Å²) in [4.78, 5) is 21.5. The summed E-state index contributed by atoms with van der Waals surface area (Å²) in [5, 5.41) is 16.0. The molecule has 6 nitrogen and oxygen atoms in total. The highest BCUT2D eigenvalue weighted by Gasteiger charge is 2.23. The van der Waals surface area contributed by atoms with Crippen LogP contribution in [-0.4, -0.2) is 17.0 Å². The van der Waals surface area contributed by atoms with E-state index in [0.717, 1.165) is 12.8 Å². The van der Waals surface area contributed by atoms with Crippen LogP contribution in [0.5, 0.6) is 0 Å². The Balaban J connectivity index is 2.09. The van der Waals surface area contributed by atoms with Gasteiger partial charge >= 0.3 is 6.03 Å². The summed E-state index contributed by atoms with van der Waals surface area (Å²) in [6, 6.07) is 3.72. The molecule has 2 N–H and O–H groups in total. The Morgan fingerprint density at radius 3 is 2.76 bits per heavy atom. The number of nitro benzene ring substituents is 1. The van der Waals surface area contributed by atoms with Crippen LogP contribution in [0.25, 0.3) is 0 Å². The van der Waals surface area contributed by atoms with Crippen molar-refractivity contribution in [1.29, 1.82) is 0 Å². The number of benzene rings is 1. The fraction of sp³-hybridized carbons (Fsp3) is 0.300. The van der Waals surface area contributed by atoms with Gasteiger partial charge in [-0.1, -0.05) is 11.6 Å². The van der Waals surface area contributed by atoms with Gasteiger partial charge in [0.2, 0.25) is 0 Å². The molecule has 7 heteroatoms. The largest absolute Gasteiger partial charge is 0.335 e. The van der Waals surface area contributed by atoms with Crippen LogP contribution >= 0.6 is 11.6 Å². The SMILES string of the molecule is O=C(Nc1cc([N+](=O)[O-])ccc1Cl)NC1CC1. The molecule has 2 amide bonds. The normalized spacial score (nSPS) is 14.2. The van der Waals surface area contributed by atoms with E-state index in [-0.39, 0.29) is 22.4 Å². The van der Waals surface area contributed by atoms with Gasteiger partial charge in [0.15, 0.2) is 0 Å². The van der Waals surface area contributed by atoms with Crippen molar-refractivity contribution in [3.05, 3.63) is 33.3 Å². The van der Waals surface area contributed by atoms with Crippen molar-refractivity contribution in [2.24, 2.45) is 0 Å². The van der Waals surface area contributed by atoms with Gasteiger partial charge in [-0.25, -0.2) is 4.79 Å². The predicted molar refractivity (Wildman–Crippen MR) is 63.3 cm³/mol. The van der Waals surface area contributed by atoms with Crippen molar-refractivity contribution in [3.8, 4) is 0 Å². The van der Waals surface area contributed by atoms with E-state index >= 15 is 0 Å². The average molecular weight is 256 g/mol. The quantitative estimate of drug-likeness (QED) is 0.643. The predicted octanol–water partition coefficient (Wildman–Crippen LogP) is 2.53. The Kier molecular flexibility index (Phi) is 3.14. The van der Waals surface area contributed by atoms with E-state index in [1.165, 1.54) is 18.2 Å². The van der Waals surface area contributed by atoms with Crippen molar-refractivity contribution in [3.63, 3.8) is 0 Å². The van der Waals surface area contributed by atoms with Crippen LogP contribution in [0, 0.1) is 10.1 Å². The van der Waals surface area contributed by atoms with E-state index in [9.17, 15) is 14.9 Å². The summed E-state index contributed by atoms with van der Waals surface area (Å²) in [6.45, 7) is 0. The summed E-state index contributed by atoms with van der Waals surface area (Å²) < 4.78 is 0. The second kappa shape index (κ2) is 4.58. The third-order valence-electron chi connectivity index (χ3n) is 2.32. The minimum absolute atomic E-state index is 0.115. The number of amides is 2. The van der Waals surface area contributed by atoms with E-state index < -0.39 is 11.0 Å². The first-order valence-electron chi connectivity index (χ1n) is 5.08. The molecule has 1 aromatic carbocycles. The number of carbonyl (C=O) groups excluding carboxylic acids is 1. The molecule has 1 fully saturated rings.